The van der Waals surface area contributed by atoms with E-state index in [0.717, 1.165) is 12.1 Å². The number of hydrogen-bond donors (Lipinski definition) is 0. The van der Waals surface area contributed by atoms with Gasteiger partial charge in [0.1, 0.15) is 5.82 Å². The molecular formula is C13H6Cl2F4. The zero-order valence-electron chi connectivity index (χ0n) is 9.23. The van der Waals surface area contributed by atoms with E-state index >= 15 is 0 Å². The second-order valence-electron chi connectivity index (χ2n) is 3.78. The van der Waals surface area contributed by atoms with Crippen LogP contribution in [0.1, 0.15) is 5.56 Å². The summed E-state index contributed by atoms with van der Waals surface area (Å²) in [5.41, 5.74) is -1.31. The largest absolute Gasteiger partial charge is 0.417 e. The van der Waals surface area contributed by atoms with E-state index in [2.05, 4.69) is 0 Å². The third-order valence-corrected chi connectivity index (χ3v) is 3.15. The van der Waals surface area contributed by atoms with Crippen molar-refractivity contribution >= 4 is 23.2 Å². The summed E-state index contributed by atoms with van der Waals surface area (Å²) in [4.78, 5) is 0. The van der Waals surface area contributed by atoms with Crippen LogP contribution < -0.4 is 0 Å². The molecule has 0 radical (unpaired) electrons. The first-order valence-electron chi connectivity index (χ1n) is 5.12. The topological polar surface area (TPSA) is 0 Å². The van der Waals surface area contributed by atoms with Gasteiger partial charge in [0, 0.05) is 15.6 Å². The Labute approximate surface area is 116 Å². The maximum atomic E-state index is 13.0. The van der Waals surface area contributed by atoms with Crippen molar-refractivity contribution in [2.24, 2.45) is 0 Å². The third kappa shape index (κ3) is 2.85. The lowest BCUT2D eigenvalue weighted by atomic mass is 9.99. The van der Waals surface area contributed by atoms with Crippen molar-refractivity contribution in [2.75, 3.05) is 0 Å². The summed E-state index contributed by atoms with van der Waals surface area (Å²) in [6.07, 6.45) is -4.69. The minimum Gasteiger partial charge on any atom is -0.207 e. The van der Waals surface area contributed by atoms with Gasteiger partial charge in [0.2, 0.25) is 0 Å². The molecule has 0 atom stereocenters. The van der Waals surface area contributed by atoms with Gasteiger partial charge >= 0.3 is 6.18 Å². The average molecular weight is 309 g/mol. The normalized spacial score (nSPS) is 11.7. The predicted octanol–water partition coefficient (Wildman–Crippen LogP) is 5.82. The maximum absolute atomic E-state index is 13.0. The first kappa shape index (κ1) is 14.2. The fraction of sp³-hybridized carbons (Fsp3) is 0.0769. The Morgan fingerprint density at radius 2 is 1.47 bits per heavy atom. The summed E-state index contributed by atoms with van der Waals surface area (Å²) in [5, 5.41) is 0.147. The standard InChI is InChI=1S/C13H6Cl2F4/c14-10-2-1-3-11(15)12(10)8-5-4-7(16)6-9(8)13(17,18)19/h1-6H. The van der Waals surface area contributed by atoms with Crippen molar-refractivity contribution in [3.63, 3.8) is 0 Å². The Morgan fingerprint density at radius 3 is 2.00 bits per heavy atom. The monoisotopic (exact) mass is 308 g/mol. The van der Waals surface area contributed by atoms with Crippen LogP contribution in [0.4, 0.5) is 17.6 Å². The van der Waals surface area contributed by atoms with Crippen LogP contribution in [0, 0.1) is 5.82 Å². The molecule has 0 N–H and O–H groups in total. The van der Waals surface area contributed by atoms with E-state index in [1.165, 1.54) is 18.2 Å². The molecule has 2 aromatic carbocycles. The molecule has 100 valence electrons. The summed E-state index contributed by atoms with van der Waals surface area (Å²) in [6.45, 7) is 0. The van der Waals surface area contributed by atoms with Gasteiger partial charge < -0.3 is 0 Å². The minimum absolute atomic E-state index is 0.0400. The molecule has 0 unspecified atom stereocenters. The van der Waals surface area contributed by atoms with Gasteiger partial charge in [0.25, 0.3) is 0 Å². The lowest BCUT2D eigenvalue weighted by Crippen LogP contribution is -2.08. The van der Waals surface area contributed by atoms with Gasteiger partial charge in [0.05, 0.1) is 5.56 Å². The number of alkyl halides is 3. The molecule has 0 amide bonds. The molecular weight excluding hydrogens is 303 g/mol. The first-order valence-corrected chi connectivity index (χ1v) is 5.87. The molecule has 0 fully saturated rings. The highest BCUT2D eigenvalue weighted by Gasteiger charge is 2.35. The summed E-state index contributed by atoms with van der Waals surface area (Å²) in [5.74, 6) is -0.973. The van der Waals surface area contributed by atoms with Crippen molar-refractivity contribution in [3.8, 4) is 11.1 Å². The SMILES string of the molecule is Fc1ccc(-c2c(Cl)cccc2Cl)c(C(F)(F)F)c1. The van der Waals surface area contributed by atoms with Crippen LogP contribution in [0.2, 0.25) is 10.0 Å². The third-order valence-electron chi connectivity index (χ3n) is 2.52. The lowest BCUT2D eigenvalue weighted by molar-refractivity contribution is -0.137. The molecule has 2 rings (SSSR count). The number of hydrogen-bond acceptors (Lipinski definition) is 0. The van der Waals surface area contributed by atoms with Gasteiger partial charge in [0.15, 0.2) is 0 Å². The van der Waals surface area contributed by atoms with Crippen LogP contribution in [-0.2, 0) is 6.18 Å². The first-order chi connectivity index (χ1) is 8.80. The second kappa shape index (κ2) is 5.02. The van der Waals surface area contributed by atoms with Crippen molar-refractivity contribution in [2.45, 2.75) is 6.18 Å². The van der Waals surface area contributed by atoms with Crippen molar-refractivity contribution in [3.05, 3.63) is 57.8 Å². The molecule has 0 spiro atoms. The van der Waals surface area contributed by atoms with Gasteiger partial charge in [-0.3, -0.25) is 0 Å². The van der Waals surface area contributed by atoms with Crippen LogP contribution in [0.3, 0.4) is 0 Å². The van der Waals surface area contributed by atoms with Crippen LogP contribution in [0.15, 0.2) is 36.4 Å². The fourth-order valence-electron chi connectivity index (χ4n) is 1.72. The van der Waals surface area contributed by atoms with E-state index < -0.39 is 17.6 Å². The van der Waals surface area contributed by atoms with E-state index in [-0.39, 0.29) is 21.2 Å². The number of rotatable bonds is 1. The van der Waals surface area contributed by atoms with Gasteiger partial charge in [-0.2, -0.15) is 13.2 Å². The smallest absolute Gasteiger partial charge is 0.207 e. The van der Waals surface area contributed by atoms with E-state index in [0.29, 0.717) is 6.07 Å². The van der Waals surface area contributed by atoms with Crippen molar-refractivity contribution in [1.82, 2.24) is 0 Å². The molecule has 0 aliphatic rings. The highest BCUT2D eigenvalue weighted by molar-refractivity contribution is 6.39. The van der Waals surface area contributed by atoms with Gasteiger partial charge in [-0.05, 0) is 29.8 Å². The molecule has 0 saturated carbocycles. The predicted molar refractivity (Wildman–Crippen MR) is 66.9 cm³/mol. The highest BCUT2D eigenvalue weighted by atomic mass is 35.5. The molecule has 0 saturated heterocycles. The summed E-state index contributed by atoms with van der Waals surface area (Å²) >= 11 is 11.8. The van der Waals surface area contributed by atoms with Crippen LogP contribution in [0.5, 0.6) is 0 Å². The van der Waals surface area contributed by atoms with Gasteiger partial charge in [-0.25, -0.2) is 4.39 Å². The number of halogens is 6. The van der Waals surface area contributed by atoms with E-state index in [1.807, 2.05) is 0 Å². The average Bonchev–Trinajstić information content (AvgIpc) is 2.29. The molecule has 0 nitrogen and oxygen atoms in total. The number of benzene rings is 2. The zero-order chi connectivity index (χ0) is 14.2. The Morgan fingerprint density at radius 1 is 0.895 bits per heavy atom. The van der Waals surface area contributed by atoms with E-state index in [1.54, 1.807) is 0 Å². The van der Waals surface area contributed by atoms with Crippen LogP contribution in [0.25, 0.3) is 11.1 Å². The zero-order valence-corrected chi connectivity index (χ0v) is 10.7. The molecule has 0 heterocycles. The summed E-state index contributed by atoms with van der Waals surface area (Å²) in [7, 11) is 0. The van der Waals surface area contributed by atoms with E-state index in [9.17, 15) is 17.6 Å². The van der Waals surface area contributed by atoms with Gasteiger partial charge in [-0.1, -0.05) is 35.3 Å². The lowest BCUT2D eigenvalue weighted by Gasteiger charge is -2.15. The van der Waals surface area contributed by atoms with Crippen LogP contribution >= 0.6 is 23.2 Å². The molecule has 19 heavy (non-hydrogen) atoms. The maximum Gasteiger partial charge on any atom is 0.417 e. The Bertz CT molecular complexity index is 600. The Balaban J connectivity index is 2.76. The molecule has 2 aromatic rings. The van der Waals surface area contributed by atoms with Crippen LogP contribution in [-0.4, -0.2) is 0 Å². The quantitative estimate of drug-likeness (QED) is 0.582. The summed E-state index contributed by atoms with van der Waals surface area (Å²) in [6, 6.07) is 6.74. The molecule has 0 bridgehead atoms. The Kier molecular flexibility index (Phi) is 3.74. The Hall–Kier alpha value is -1.26. The minimum atomic E-state index is -4.69. The molecule has 0 aliphatic heterocycles. The van der Waals surface area contributed by atoms with E-state index in [4.69, 9.17) is 23.2 Å². The molecule has 0 aromatic heterocycles. The second-order valence-corrected chi connectivity index (χ2v) is 4.60. The highest BCUT2D eigenvalue weighted by Crippen LogP contribution is 2.42. The van der Waals surface area contributed by atoms with Crippen molar-refractivity contribution < 1.29 is 17.6 Å². The molecule has 0 aliphatic carbocycles. The molecule has 6 heteroatoms. The fourth-order valence-corrected chi connectivity index (χ4v) is 2.33. The summed E-state index contributed by atoms with van der Waals surface area (Å²) < 4.78 is 51.8. The van der Waals surface area contributed by atoms with Crippen molar-refractivity contribution in [1.29, 1.82) is 0 Å². The van der Waals surface area contributed by atoms with Gasteiger partial charge in [-0.15, -0.1) is 0 Å².